The Morgan fingerprint density at radius 2 is 1.89 bits per heavy atom. The summed E-state index contributed by atoms with van der Waals surface area (Å²) in [6.07, 6.45) is -3.23. The molecule has 0 aliphatic carbocycles. The topological polar surface area (TPSA) is 50.7 Å². The smallest absolute Gasteiger partial charge is 0.416 e. The van der Waals surface area contributed by atoms with Gasteiger partial charge in [0.1, 0.15) is 5.75 Å². The molecule has 0 saturated carbocycles. The minimum atomic E-state index is -4.45. The summed E-state index contributed by atoms with van der Waals surface area (Å²) in [4.78, 5) is 11.9. The van der Waals surface area contributed by atoms with E-state index in [1.165, 1.54) is 18.3 Å². The van der Waals surface area contributed by atoms with Crippen LogP contribution in [0.2, 0.25) is 0 Å². The van der Waals surface area contributed by atoms with Gasteiger partial charge in [0.2, 0.25) is 5.91 Å². The molecule has 0 fully saturated rings. The molecule has 0 atom stereocenters. The summed E-state index contributed by atoms with van der Waals surface area (Å²) in [5.74, 6) is 0.137. The van der Waals surface area contributed by atoms with Gasteiger partial charge in [-0.3, -0.25) is 4.79 Å². The van der Waals surface area contributed by atoms with Gasteiger partial charge >= 0.3 is 6.18 Å². The molecule has 0 saturated heterocycles. The van der Waals surface area contributed by atoms with Crippen molar-refractivity contribution in [1.29, 1.82) is 0 Å². The summed E-state index contributed by atoms with van der Waals surface area (Å²) >= 11 is 6.78. The first-order valence-corrected chi connectivity index (χ1v) is 9.39. The lowest BCUT2D eigenvalue weighted by atomic mass is 10.1. The summed E-state index contributed by atoms with van der Waals surface area (Å²) < 4.78 is 45.0. The molecule has 2 aromatic rings. The molecular formula is C18H15Br2F3N2O2. The second-order valence-electron chi connectivity index (χ2n) is 5.41. The van der Waals surface area contributed by atoms with E-state index in [0.717, 1.165) is 21.1 Å². The molecular weight excluding hydrogens is 493 g/mol. The van der Waals surface area contributed by atoms with Crippen LogP contribution in [0, 0.1) is 0 Å². The Balaban J connectivity index is 2.00. The van der Waals surface area contributed by atoms with Gasteiger partial charge in [0, 0.05) is 0 Å². The molecule has 27 heavy (non-hydrogen) atoms. The van der Waals surface area contributed by atoms with Gasteiger partial charge in [-0.1, -0.05) is 18.2 Å². The zero-order valence-electron chi connectivity index (χ0n) is 14.1. The van der Waals surface area contributed by atoms with Crippen molar-refractivity contribution in [1.82, 2.24) is 5.43 Å². The van der Waals surface area contributed by atoms with Crippen molar-refractivity contribution in [3.63, 3.8) is 0 Å². The number of hydrogen-bond acceptors (Lipinski definition) is 3. The van der Waals surface area contributed by atoms with E-state index in [1.54, 1.807) is 12.1 Å². The molecule has 9 heteroatoms. The molecule has 1 N–H and O–H groups in total. The third-order valence-corrected chi connectivity index (χ3v) is 4.51. The van der Waals surface area contributed by atoms with Crippen molar-refractivity contribution >= 4 is 44.0 Å². The van der Waals surface area contributed by atoms with Gasteiger partial charge in [0.15, 0.2) is 0 Å². The molecule has 0 unspecified atom stereocenters. The largest absolute Gasteiger partial charge is 0.492 e. The third kappa shape index (κ3) is 6.35. The number of nitrogens with zero attached hydrogens (tertiary/aromatic N) is 1. The van der Waals surface area contributed by atoms with Crippen LogP contribution in [0.5, 0.6) is 5.75 Å². The summed E-state index contributed by atoms with van der Waals surface area (Å²) in [5.41, 5.74) is 2.46. The monoisotopic (exact) mass is 506 g/mol. The fourth-order valence-electron chi connectivity index (χ4n) is 2.20. The van der Waals surface area contributed by atoms with E-state index in [9.17, 15) is 18.0 Å². The zero-order valence-corrected chi connectivity index (χ0v) is 17.3. The Morgan fingerprint density at radius 3 is 2.48 bits per heavy atom. The number of carbonyl (C=O) groups is 1. The second-order valence-corrected chi connectivity index (χ2v) is 7.12. The van der Waals surface area contributed by atoms with E-state index >= 15 is 0 Å². The van der Waals surface area contributed by atoms with Crippen molar-refractivity contribution < 1.29 is 22.7 Å². The first-order valence-electron chi connectivity index (χ1n) is 7.80. The molecule has 0 heterocycles. The van der Waals surface area contributed by atoms with Gasteiger partial charge in [-0.15, -0.1) is 0 Å². The Morgan fingerprint density at radius 1 is 1.22 bits per heavy atom. The lowest BCUT2D eigenvalue weighted by Gasteiger charge is -2.09. The summed E-state index contributed by atoms with van der Waals surface area (Å²) in [6, 6.07) is 8.16. The normalized spacial score (nSPS) is 11.6. The predicted octanol–water partition coefficient (Wildman–Crippen LogP) is 5.32. The number of halogens is 5. The highest BCUT2D eigenvalue weighted by Crippen LogP contribution is 2.34. The quantitative estimate of drug-likeness (QED) is 0.425. The number of amides is 1. The highest BCUT2D eigenvalue weighted by Gasteiger charge is 2.30. The molecule has 0 aromatic heterocycles. The number of nitrogens with one attached hydrogen (secondary N) is 1. The fraction of sp³-hybridized carbons (Fsp3) is 0.222. The van der Waals surface area contributed by atoms with Gasteiger partial charge in [-0.2, -0.15) is 18.3 Å². The van der Waals surface area contributed by atoms with Gasteiger partial charge in [-0.05, 0) is 68.1 Å². The van der Waals surface area contributed by atoms with Crippen LogP contribution in [-0.2, 0) is 17.4 Å². The molecule has 0 spiro atoms. The molecule has 144 valence electrons. The van der Waals surface area contributed by atoms with Crippen molar-refractivity contribution in [2.75, 3.05) is 6.61 Å². The molecule has 0 bridgehead atoms. The number of hydrazone groups is 1. The molecule has 0 radical (unpaired) electrons. The minimum absolute atomic E-state index is 0.210. The van der Waals surface area contributed by atoms with Crippen molar-refractivity contribution in [3.05, 3.63) is 62.0 Å². The number of ether oxygens (including phenoxy) is 1. The number of rotatable bonds is 6. The van der Waals surface area contributed by atoms with Crippen LogP contribution in [0.1, 0.15) is 23.6 Å². The summed E-state index contributed by atoms with van der Waals surface area (Å²) in [6.45, 7) is 2.38. The SMILES string of the molecule is CCOc1c(Br)cc(/C=N\NC(=O)Cc2cccc(C(F)(F)F)c2)cc1Br. The van der Waals surface area contributed by atoms with Crippen LogP contribution in [-0.4, -0.2) is 18.7 Å². The van der Waals surface area contributed by atoms with Crippen LogP contribution in [0.4, 0.5) is 13.2 Å². The third-order valence-electron chi connectivity index (χ3n) is 3.33. The Hall–Kier alpha value is -1.87. The highest BCUT2D eigenvalue weighted by atomic mass is 79.9. The van der Waals surface area contributed by atoms with E-state index < -0.39 is 17.6 Å². The van der Waals surface area contributed by atoms with E-state index in [4.69, 9.17) is 4.74 Å². The predicted molar refractivity (Wildman–Crippen MR) is 104 cm³/mol. The van der Waals surface area contributed by atoms with Crippen molar-refractivity contribution in [2.24, 2.45) is 5.10 Å². The van der Waals surface area contributed by atoms with Crippen LogP contribution < -0.4 is 10.2 Å². The first-order chi connectivity index (χ1) is 12.7. The average molecular weight is 508 g/mol. The molecule has 2 rings (SSSR count). The van der Waals surface area contributed by atoms with E-state index in [-0.39, 0.29) is 12.0 Å². The summed E-state index contributed by atoms with van der Waals surface area (Å²) in [5, 5.41) is 3.84. The van der Waals surface area contributed by atoms with E-state index in [1.807, 2.05) is 6.92 Å². The zero-order chi connectivity index (χ0) is 20.0. The lowest BCUT2D eigenvalue weighted by Crippen LogP contribution is -2.20. The van der Waals surface area contributed by atoms with Crippen LogP contribution >= 0.6 is 31.9 Å². The second kappa shape index (κ2) is 9.36. The van der Waals surface area contributed by atoms with Crippen LogP contribution in [0.25, 0.3) is 0 Å². The molecule has 2 aromatic carbocycles. The highest BCUT2D eigenvalue weighted by molar-refractivity contribution is 9.11. The average Bonchev–Trinajstić information content (AvgIpc) is 2.57. The number of carbonyl (C=O) groups excluding carboxylic acids is 1. The molecule has 4 nitrogen and oxygen atoms in total. The van der Waals surface area contributed by atoms with Gasteiger partial charge in [0.05, 0.1) is 33.8 Å². The van der Waals surface area contributed by atoms with Gasteiger partial charge < -0.3 is 4.74 Å². The van der Waals surface area contributed by atoms with Crippen molar-refractivity contribution in [2.45, 2.75) is 19.5 Å². The lowest BCUT2D eigenvalue weighted by molar-refractivity contribution is -0.137. The van der Waals surface area contributed by atoms with Crippen molar-refractivity contribution in [3.8, 4) is 5.75 Å². The number of alkyl halides is 3. The first kappa shape index (κ1) is 21.4. The Labute approximate surface area is 171 Å². The fourth-order valence-corrected chi connectivity index (χ4v) is 3.65. The molecule has 0 aliphatic heterocycles. The van der Waals surface area contributed by atoms with Gasteiger partial charge in [0.25, 0.3) is 0 Å². The maximum Gasteiger partial charge on any atom is 0.416 e. The minimum Gasteiger partial charge on any atom is -0.492 e. The molecule has 1 amide bonds. The van der Waals surface area contributed by atoms with Gasteiger partial charge in [-0.25, -0.2) is 5.43 Å². The standard InChI is InChI=1S/C18H15Br2F3N2O2/c1-2-27-17-14(19)7-12(8-15(17)20)10-24-25-16(26)9-11-4-3-5-13(6-11)18(21,22)23/h3-8,10H,2,9H2,1H3,(H,25,26)/b24-10-. The number of hydrogen-bond donors (Lipinski definition) is 1. The maximum atomic E-state index is 12.7. The molecule has 0 aliphatic rings. The van der Waals surface area contributed by atoms with Crippen LogP contribution in [0.3, 0.4) is 0 Å². The Bertz CT molecular complexity index is 832. The van der Waals surface area contributed by atoms with E-state index in [0.29, 0.717) is 17.9 Å². The Kier molecular flexibility index (Phi) is 7.43. The summed E-state index contributed by atoms with van der Waals surface area (Å²) in [7, 11) is 0. The van der Waals surface area contributed by atoms with Crippen LogP contribution in [0.15, 0.2) is 50.4 Å². The number of benzene rings is 2. The van der Waals surface area contributed by atoms with E-state index in [2.05, 4.69) is 42.4 Å². The maximum absolute atomic E-state index is 12.7.